The highest BCUT2D eigenvalue weighted by atomic mass is 19.1. The van der Waals surface area contributed by atoms with Gasteiger partial charge in [0.05, 0.1) is 25.3 Å². The van der Waals surface area contributed by atoms with E-state index in [2.05, 4.69) is 5.32 Å². The summed E-state index contributed by atoms with van der Waals surface area (Å²) in [4.78, 5) is 25.6. The highest BCUT2D eigenvalue weighted by Gasteiger charge is 2.35. The minimum absolute atomic E-state index is 0.00564. The average molecular weight is 464 g/mol. The number of benzene rings is 3. The number of anilines is 1. The third kappa shape index (κ3) is 4.46. The zero-order valence-electron chi connectivity index (χ0n) is 19.5. The molecule has 1 heterocycles. The maximum absolute atomic E-state index is 14.2. The van der Waals surface area contributed by atoms with Gasteiger partial charge in [-0.15, -0.1) is 0 Å². The van der Waals surface area contributed by atoms with Crippen LogP contribution in [0.5, 0.6) is 11.5 Å². The fraction of sp³-hybridized carbons (Fsp3) is 0.259. The van der Waals surface area contributed by atoms with Crippen LogP contribution in [-0.2, 0) is 22.6 Å². The summed E-state index contributed by atoms with van der Waals surface area (Å²) in [5, 5.41) is 3.27. The molecule has 0 fully saturated rings. The van der Waals surface area contributed by atoms with Crippen LogP contribution < -0.4 is 14.8 Å². The van der Waals surface area contributed by atoms with Gasteiger partial charge in [0.25, 0.3) is 0 Å². The van der Waals surface area contributed by atoms with E-state index in [9.17, 15) is 14.0 Å². The average Bonchev–Trinajstić information content (AvgIpc) is 2.83. The summed E-state index contributed by atoms with van der Waals surface area (Å²) in [5.74, 6) is 0.157. The molecule has 0 unspecified atom stereocenters. The van der Waals surface area contributed by atoms with Gasteiger partial charge in [-0.25, -0.2) is 9.18 Å². The van der Waals surface area contributed by atoms with Crippen molar-refractivity contribution in [2.45, 2.75) is 32.4 Å². The van der Waals surface area contributed by atoms with Crippen LogP contribution in [0.2, 0.25) is 0 Å². The highest BCUT2D eigenvalue weighted by Crippen LogP contribution is 2.40. The molecule has 0 spiro atoms. The summed E-state index contributed by atoms with van der Waals surface area (Å²) in [6.45, 7) is 3.55. The van der Waals surface area contributed by atoms with E-state index in [0.717, 1.165) is 11.3 Å². The van der Waals surface area contributed by atoms with Gasteiger partial charge in [-0.2, -0.15) is 0 Å². The number of carbonyl (C=O) groups excluding carboxylic acids is 2. The number of esters is 1. The van der Waals surface area contributed by atoms with E-state index in [-0.39, 0.29) is 18.8 Å². The Hall–Kier alpha value is -3.87. The third-order valence-electron chi connectivity index (χ3n) is 6.04. The molecule has 4 rings (SSSR count). The molecule has 0 saturated heterocycles. The standard InChI is InChI=1S/C27H26FNO5/c1-27(2)25(30)14-20-22(15-34-26(31)16-5-8-18(32-3)9-6-16)19(10-11-23(20)29-27)21-13-17(28)7-12-24(21)33-4/h5-13,29H,14-15H2,1-4H3. The van der Waals surface area contributed by atoms with Crippen LogP contribution in [0.15, 0.2) is 54.6 Å². The van der Waals surface area contributed by atoms with Crippen molar-refractivity contribution in [2.24, 2.45) is 0 Å². The van der Waals surface area contributed by atoms with Crippen molar-refractivity contribution in [3.63, 3.8) is 0 Å². The van der Waals surface area contributed by atoms with Gasteiger partial charge in [0, 0.05) is 23.2 Å². The third-order valence-corrected chi connectivity index (χ3v) is 6.04. The van der Waals surface area contributed by atoms with Crippen molar-refractivity contribution in [1.29, 1.82) is 0 Å². The molecule has 0 bridgehead atoms. The zero-order chi connectivity index (χ0) is 24.5. The Morgan fingerprint density at radius 2 is 1.74 bits per heavy atom. The molecule has 1 aliphatic heterocycles. The van der Waals surface area contributed by atoms with E-state index in [1.807, 2.05) is 26.0 Å². The van der Waals surface area contributed by atoms with E-state index < -0.39 is 17.3 Å². The smallest absolute Gasteiger partial charge is 0.338 e. The Bertz CT molecular complexity index is 1250. The zero-order valence-corrected chi connectivity index (χ0v) is 19.5. The molecule has 0 aliphatic carbocycles. The van der Waals surface area contributed by atoms with Gasteiger partial charge < -0.3 is 19.5 Å². The van der Waals surface area contributed by atoms with E-state index in [1.165, 1.54) is 19.2 Å². The second-order valence-corrected chi connectivity index (χ2v) is 8.62. The number of nitrogens with one attached hydrogen (secondary N) is 1. The number of methoxy groups -OCH3 is 2. The molecular weight excluding hydrogens is 437 g/mol. The summed E-state index contributed by atoms with van der Waals surface area (Å²) >= 11 is 0. The van der Waals surface area contributed by atoms with Crippen molar-refractivity contribution in [1.82, 2.24) is 0 Å². The Morgan fingerprint density at radius 3 is 2.41 bits per heavy atom. The van der Waals surface area contributed by atoms with Gasteiger partial charge in [0.2, 0.25) is 0 Å². The minimum Gasteiger partial charge on any atom is -0.497 e. The van der Waals surface area contributed by atoms with Crippen LogP contribution in [0.25, 0.3) is 11.1 Å². The van der Waals surface area contributed by atoms with Gasteiger partial charge >= 0.3 is 5.97 Å². The molecule has 1 N–H and O–H groups in total. The second kappa shape index (κ2) is 9.17. The number of ketones is 1. The topological polar surface area (TPSA) is 73.9 Å². The normalized spacial score (nSPS) is 14.1. The number of carbonyl (C=O) groups is 2. The fourth-order valence-corrected chi connectivity index (χ4v) is 4.06. The number of halogens is 1. The maximum Gasteiger partial charge on any atom is 0.338 e. The van der Waals surface area contributed by atoms with Crippen LogP contribution in [0.3, 0.4) is 0 Å². The first-order chi connectivity index (χ1) is 16.2. The van der Waals surface area contributed by atoms with Crippen LogP contribution >= 0.6 is 0 Å². The fourth-order valence-electron chi connectivity index (χ4n) is 4.06. The van der Waals surface area contributed by atoms with Gasteiger partial charge in [-0.05, 0) is 73.5 Å². The summed E-state index contributed by atoms with van der Waals surface area (Å²) in [5.41, 5.74) is 2.91. The second-order valence-electron chi connectivity index (χ2n) is 8.62. The summed E-state index contributed by atoms with van der Waals surface area (Å²) in [6, 6.07) is 14.5. The molecule has 0 atom stereocenters. The van der Waals surface area contributed by atoms with Crippen molar-refractivity contribution >= 4 is 17.4 Å². The summed E-state index contributed by atoms with van der Waals surface area (Å²) in [7, 11) is 3.05. The molecule has 0 aromatic heterocycles. The Balaban J connectivity index is 1.76. The van der Waals surface area contributed by atoms with Crippen molar-refractivity contribution in [2.75, 3.05) is 19.5 Å². The summed E-state index contributed by atoms with van der Waals surface area (Å²) in [6.07, 6.45) is 0.163. The SMILES string of the molecule is COc1ccc(C(=O)OCc2c(-c3cc(F)ccc3OC)ccc3c2CC(=O)C(C)(C)N3)cc1. The Morgan fingerprint density at radius 1 is 1.00 bits per heavy atom. The van der Waals surface area contributed by atoms with Crippen LogP contribution in [0, 0.1) is 5.82 Å². The number of rotatable bonds is 6. The van der Waals surface area contributed by atoms with E-state index in [4.69, 9.17) is 14.2 Å². The molecule has 3 aromatic carbocycles. The Labute approximate surface area is 197 Å². The predicted octanol–water partition coefficient (Wildman–Crippen LogP) is 5.18. The predicted molar refractivity (Wildman–Crippen MR) is 127 cm³/mol. The Kier molecular flexibility index (Phi) is 6.28. The molecule has 0 amide bonds. The molecule has 3 aromatic rings. The molecular formula is C27H26FNO5. The number of fused-ring (bicyclic) bond motifs is 1. The number of hydrogen-bond donors (Lipinski definition) is 1. The lowest BCUT2D eigenvalue weighted by molar-refractivity contribution is -0.122. The van der Waals surface area contributed by atoms with Gasteiger partial charge in [-0.3, -0.25) is 4.79 Å². The first-order valence-corrected chi connectivity index (χ1v) is 10.8. The van der Waals surface area contributed by atoms with Crippen LogP contribution in [0.4, 0.5) is 10.1 Å². The minimum atomic E-state index is -0.720. The first-order valence-electron chi connectivity index (χ1n) is 10.8. The molecule has 1 aliphatic rings. The molecule has 6 nitrogen and oxygen atoms in total. The lowest BCUT2D eigenvalue weighted by Gasteiger charge is -2.34. The molecule has 0 radical (unpaired) electrons. The molecule has 0 saturated carbocycles. The van der Waals surface area contributed by atoms with Crippen LogP contribution in [0.1, 0.15) is 35.3 Å². The van der Waals surface area contributed by atoms with E-state index >= 15 is 0 Å². The summed E-state index contributed by atoms with van der Waals surface area (Å²) < 4.78 is 30.4. The van der Waals surface area contributed by atoms with Crippen molar-refractivity contribution in [3.8, 4) is 22.6 Å². The van der Waals surface area contributed by atoms with Gasteiger partial charge in [0.1, 0.15) is 23.9 Å². The molecule has 176 valence electrons. The van der Waals surface area contributed by atoms with Gasteiger partial charge in [-0.1, -0.05) is 6.07 Å². The monoisotopic (exact) mass is 463 g/mol. The van der Waals surface area contributed by atoms with Crippen molar-refractivity contribution < 1.29 is 28.2 Å². The maximum atomic E-state index is 14.2. The van der Waals surface area contributed by atoms with Gasteiger partial charge in [0.15, 0.2) is 5.78 Å². The number of Topliss-reactive ketones (excluding diaryl/α,β-unsaturated/α-hetero) is 1. The largest absolute Gasteiger partial charge is 0.497 e. The number of ether oxygens (including phenoxy) is 3. The molecule has 7 heteroatoms. The lowest BCUT2D eigenvalue weighted by Crippen LogP contribution is -2.45. The first kappa shape index (κ1) is 23.3. The van der Waals surface area contributed by atoms with Crippen LogP contribution in [-0.4, -0.2) is 31.5 Å². The van der Waals surface area contributed by atoms with E-state index in [1.54, 1.807) is 37.4 Å². The quantitative estimate of drug-likeness (QED) is 0.508. The highest BCUT2D eigenvalue weighted by molar-refractivity contribution is 5.97. The lowest BCUT2D eigenvalue weighted by atomic mass is 9.83. The molecule has 34 heavy (non-hydrogen) atoms. The van der Waals surface area contributed by atoms with E-state index in [0.29, 0.717) is 33.8 Å². The van der Waals surface area contributed by atoms with Crippen molar-refractivity contribution in [3.05, 3.63) is 77.1 Å². The number of hydrogen-bond acceptors (Lipinski definition) is 6.